The monoisotopic (exact) mass is 305 g/mol. The first kappa shape index (κ1) is 14.9. The summed E-state index contributed by atoms with van der Waals surface area (Å²) in [6.45, 7) is 1.58. The van der Waals surface area contributed by atoms with E-state index in [1.807, 2.05) is 0 Å². The van der Waals surface area contributed by atoms with Gasteiger partial charge in [0.15, 0.2) is 5.96 Å². The molecule has 0 saturated carbocycles. The van der Waals surface area contributed by atoms with Crippen LogP contribution >= 0.6 is 23.1 Å². The zero-order valence-electron chi connectivity index (χ0n) is 11.7. The van der Waals surface area contributed by atoms with Crippen LogP contribution in [0, 0.1) is 0 Å². The number of hydrogen-bond acceptors (Lipinski definition) is 3. The Bertz CT molecular complexity index is 533. The molecule has 0 atom stereocenters. The van der Waals surface area contributed by atoms with E-state index < -0.39 is 0 Å². The molecule has 1 heterocycles. The normalized spacial score (nSPS) is 11.4. The number of rotatable bonds is 5. The first-order valence-electron chi connectivity index (χ1n) is 6.40. The molecule has 106 valence electrons. The average molecular weight is 305 g/mol. The molecule has 0 spiro atoms. The van der Waals surface area contributed by atoms with Crippen molar-refractivity contribution >= 4 is 29.1 Å². The second-order valence-corrected chi connectivity index (χ2v) is 5.92. The molecule has 0 amide bonds. The van der Waals surface area contributed by atoms with Gasteiger partial charge in [-0.05, 0) is 46.3 Å². The maximum atomic E-state index is 4.23. The largest absolute Gasteiger partial charge is 0.352 e. The number of nitrogens with one attached hydrogen (secondary N) is 2. The highest BCUT2D eigenvalue weighted by Crippen LogP contribution is 2.14. The van der Waals surface area contributed by atoms with Crippen LogP contribution in [-0.2, 0) is 13.1 Å². The molecule has 0 radical (unpaired) electrons. The van der Waals surface area contributed by atoms with E-state index in [1.54, 1.807) is 30.1 Å². The predicted octanol–water partition coefficient (Wildman–Crippen LogP) is 3.34. The van der Waals surface area contributed by atoms with Crippen LogP contribution in [-0.4, -0.2) is 19.3 Å². The van der Waals surface area contributed by atoms with Crippen molar-refractivity contribution < 1.29 is 0 Å². The van der Waals surface area contributed by atoms with E-state index in [1.165, 1.54) is 16.0 Å². The molecule has 20 heavy (non-hydrogen) atoms. The maximum Gasteiger partial charge on any atom is 0.191 e. The second kappa shape index (κ2) is 7.97. The third-order valence-corrected chi connectivity index (χ3v) is 4.36. The topological polar surface area (TPSA) is 36.4 Å². The maximum absolute atomic E-state index is 4.23. The van der Waals surface area contributed by atoms with E-state index in [4.69, 9.17) is 0 Å². The molecule has 0 bridgehead atoms. The Hall–Kier alpha value is -1.46. The van der Waals surface area contributed by atoms with Crippen LogP contribution in [0.3, 0.4) is 0 Å². The third-order valence-electron chi connectivity index (χ3n) is 2.88. The number of nitrogens with zero attached hydrogens (tertiary/aromatic N) is 1. The van der Waals surface area contributed by atoms with Crippen LogP contribution in [0.25, 0.3) is 0 Å². The highest BCUT2D eigenvalue weighted by molar-refractivity contribution is 7.98. The number of thiophene rings is 1. The van der Waals surface area contributed by atoms with Crippen LogP contribution < -0.4 is 10.6 Å². The Morgan fingerprint density at radius 1 is 1.10 bits per heavy atom. The van der Waals surface area contributed by atoms with Crippen molar-refractivity contribution in [3.63, 3.8) is 0 Å². The smallest absolute Gasteiger partial charge is 0.191 e. The zero-order chi connectivity index (χ0) is 14.2. The summed E-state index contributed by atoms with van der Waals surface area (Å²) in [5.74, 6) is 0.824. The van der Waals surface area contributed by atoms with Gasteiger partial charge in [-0.1, -0.05) is 12.1 Å². The molecule has 0 aliphatic rings. The first-order valence-corrected chi connectivity index (χ1v) is 8.57. The van der Waals surface area contributed by atoms with E-state index in [0.717, 1.165) is 19.0 Å². The minimum atomic E-state index is 0.776. The zero-order valence-corrected chi connectivity index (χ0v) is 13.4. The predicted molar refractivity (Wildman–Crippen MR) is 89.6 cm³/mol. The molecular formula is C15H19N3S2. The molecule has 0 unspecified atom stereocenters. The number of hydrogen-bond donors (Lipinski definition) is 2. The van der Waals surface area contributed by atoms with Gasteiger partial charge in [0, 0.05) is 25.0 Å². The number of aliphatic imine (C=N–C) groups is 1. The molecular weight excluding hydrogens is 286 g/mol. The highest BCUT2D eigenvalue weighted by atomic mass is 32.2. The summed E-state index contributed by atoms with van der Waals surface area (Å²) in [6, 6.07) is 10.7. The van der Waals surface area contributed by atoms with Crippen LogP contribution in [0.2, 0.25) is 0 Å². The quantitative estimate of drug-likeness (QED) is 0.505. The van der Waals surface area contributed by atoms with Crippen molar-refractivity contribution in [2.45, 2.75) is 18.0 Å². The Labute approximate surface area is 128 Å². The summed E-state index contributed by atoms with van der Waals surface area (Å²) in [4.78, 5) is 5.52. The lowest BCUT2D eigenvalue weighted by molar-refractivity contribution is 0.810. The fraction of sp³-hybridized carbons (Fsp3) is 0.267. The minimum absolute atomic E-state index is 0.776. The molecule has 2 aromatic rings. The minimum Gasteiger partial charge on any atom is -0.352 e. The molecule has 0 aliphatic carbocycles. The van der Waals surface area contributed by atoms with Gasteiger partial charge < -0.3 is 10.6 Å². The van der Waals surface area contributed by atoms with Crippen molar-refractivity contribution in [3.05, 3.63) is 52.2 Å². The molecule has 1 aromatic carbocycles. The number of thioether (sulfide) groups is 1. The molecule has 5 heteroatoms. The van der Waals surface area contributed by atoms with Gasteiger partial charge in [-0.2, -0.15) is 11.3 Å². The summed E-state index contributed by atoms with van der Waals surface area (Å²) < 4.78 is 0. The third kappa shape index (κ3) is 4.58. The summed E-state index contributed by atoms with van der Waals surface area (Å²) in [6.07, 6.45) is 2.09. The molecule has 0 aliphatic heterocycles. The van der Waals surface area contributed by atoms with Crippen molar-refractivity contribution in [1.29, 1.82) is 0 Å². The van der Waals surface area contributed by atoms with Crippen LogP contribution in [0.1, 0.15) is 11.1 Å². The van der Waals surface area contributed by atoms with E-state index in [0.29, 0.717) is 0 Å². The number of guanidine groups is 1. The van der Waals surface area contributed by atoms with Crippen molar-refractivity contribution in [2.24, 2.45) is 4.99 Å². The lowest BCUT2D eigenvalue weighted by Gasteiger charge is -2.11. The van der Waals surface area contributed by atoms with Gasteiger partial charge in [0.1, 0.15) is 0 Å². The molecule has 0 saturated heterocycles. The Kier molecular flexibility index (Phi) is 5.95. The summed E-state index contributed by atoms with van der Waals surface area (Å²) in [5, 5.41) is 10.9. The van der Waals surface area contributed by atoms with Crippen LogP contribution in [0.4, 0.5) is 0 Å². The molecule has 3 nitrogen and oxygen atoms in total. The van der Waals surface area contributed by atoms with E-state index in [9.17, 15) is 0 Å². The van der Waals surface area contributed by atoms with Gasteiger partial charge in [0.2, 0.25) is 0 Å². The van der Waals surface area contributed by atoms with Crippen molar-refractivity contribution in [3.8, 4) is 0 Å². The fourth-order valence-corrected chi connectivity index (χ4v) is 2.81. The van der Waals surface area contributed by atoms with Gasteiger partial charge in [0.05, 0.1) is 0 Å². The first-order chi connectivity index (χ1) is 9.81. The van der Waals surface area contributed by atoms with Gasteiger partial charge in [-0.3, -0.25) is 4.99 Å². The summed E-state index contributed by atoms with van der Waals surface area (Å²) in [7, 11) is 1.79. The average Bonchev–Trinajstić information content (AvgIpc) is 3.01. The van der Waals surface area contributed by atoms with Crippen LogP contribution in [0.5, 0.6) is 0 Å². The Morgan fingerprint density at radius 2 is 1.80 bits per heavy atom. The van der Waals surface area contributed by atoms with E-state index in [2.05, 4.69) is 63.0 Å². The molecule has 1 aromatic heterocycles. The highest BCUT2D eigenvalue weighted by Gasteiger charge is 1.99. The van der Waals surface area contributed by atoms with Crippen LogP contribution in [0.15, 0.2) is 51.0 Å². The Morgan fingerprint density at radius 3 is 2.35 bits per heavy atom. The van der Waals surface area contributed by atoms with Crippen molar-refractivity contribution in [2.75, 3.05) is 13.3 Å². The number of benzene rings is 1. The van der Waals surface area contributed by atoms with E-state index in [-0.39, 0.29) is 0 Å². The lowest BCUT2D eigenvalue weighted by Crippen LogP contribution is -2.36. The standard InChI is InChI=1S/C15H19N3S2/c1-16-15(18-10-13-7-8-20-11-13)17-9-12-3-5-14(19-2)6-4-12/h3-8,11H,9-10H2,1-2H3,(H2,16,17,18). The SMILES string of the molecule is CN=C(NCc1ccc(SC)cc1)NCc1ccsc1. The second-order valence-electron chi connectivity index (χ2n) is 4.26. The molecule has 2 rings (SSSR count). The van der Waals surface area contributed by atoms with E-state index >= 15 is 0 Å². The lowest BCUT2D eigenvalue weighted by atomic mass is 10.2. The van der Waals surface area contributed by atoms with Gasteiger partial charge >= 0.3 is 0 Å². The molecule has 2 N–H and O–H groups in total. The van der Waals surface area contributed by atoms with Gasteiger partial charge in [-0.25, -0.2) is 0 Å². The van der Waals surface area contributed by atoms with Gasteiger partial charge in [-0.15, -0.1) is 11.8 Å². The fourth-order valence-electron chi connectivity index (χ4n) is 1.73. The Balaban J connectivity index is 1.81. The van der Waals surface area contributed by atoms with Crippen molar-refractivity contribution in [1.82, 2.24) is 10.6 Å². The molecule has 0 fully saturated rings. The summed E-state index contributed by atoms with van der Waals surface area (Å²) >= 11 is 3.47. The summed E-state index contributed by atoms with van der Waals surface area (Å²) in [5.41, 5.74) is 2.53. The van der Waals surface area contributed by atoms with Gasteiger partial charge in [0.25, 0.3) is 0 Å².